The number of carbonyl (C=O) groups is 1. The average Bonchev–Trinajstić information content (AvgIpc) is 3.52. The lowest BCUT2D eigenvalue weighted by Crippen LogP contribution is -2.32. The quantitative estimate of drug-likeness (QED) is 0.448. The number of urea groups is 1. The average molecular weight is 472 g/mol. The van der Waals surface area contributed by atoms with Crippen LogP contribution in [0.4, 0.5) is 4.79 Å². The maximum atomic E-state index is 11.3. The Labute approximate surface area is 206 Å². The highest BCUT2D eigenvalue weighted by molar-refractivity contribution is 5.76. The third-order valence-corrected chi connectivity index (χ3v) is 6.95. The number of amides is 2. The maximum Gasteiger partial charge on any atom is 0.315 e. The second kappa shape index (κ2) is 10.4. The summed E-state index contributed by atoms with van der Waals surface area (Å²) in [5.41, 5.74) is 7.23. The van der Waals surface area contributed by atoms with Crippen molar-refractivity contribution in [1.29, 1.82) is 0 Å². The Hall–Kier alpha value is -3.51. The number of phenolic OH excluding ortho intramolecular Hbond substituents is 1. The highest BCUT2D eigenvalue weighted by Gasteiger charge is 2.20. The molecule has 2 amide bonds. The number of ether oxygens (including phenoxy) is 1. The fraction of sp³-hybridized carbons (Fsp3) is 0.345. The van der Waals surface area contributed by atoms with Crippen LogP contribution in [0.15, 0.2) is 60.7 Å². The van der Waals surface area contributed by atoms with E-state index in [-0.39, 0.29) is 17.8 Å². The number of aromatic hydroxyl groups is 1. The van der Waals surface area contributed by atoms with Gasteiger partial charge in [-0.25, -0.2) is 4.79 Å². The summed E-state index contributed by atoms with van der Waals surface area (Å²) in [4.78, 5) is 13.8. The summed E-state index contributed by atoms with van der Waals surface area (Å²) in [6.07, 6.45) is 3.42. The van der Waals surface area contributed by atoms with E-state index >= 15 is 0 Å². The number of carbonyl (C=O) groups excluding carboxylic acids is 1. The molecule has 0 spiro atoms. The first-order chi connectivity index (χ1) is 17.0. The van der Waals surface area contributed by atoms with Crippen molar-refractivity contribution in [2.75, 3.05) is 26.2 Å². The lowest BCUT2D eigenvalue weighted by Gasteiger charge is -2.17. The van der Waals surface area contributed by atoms with Crippen molar-refractivity contribution in [3.63, 3.8) is 0 Å². The number of nitrogens with zero attached hydrogens (tertiary/aromatic N) is 1. The van der Waals surface area contributed by atoms with Gasteiger partial charge in [0.2, 0.25) is 0 Å². The summed E-state index contributed by atoms with van der Waals surface area (Å²) in [5, 5.41) is 15.7. The molecule has 2 saturated heterocycles. The molecule has 35 heavy (non-hydrogen) atoms. The number of likely N-dealkylation sites (tertiary alicyclic amines) is 1. The molecule has 2 heterocycles. The van der Waals surface area contributed by atoms with Crippen LogP contribution in [0.3, 0.4) is 0 Å². The summed E-state index contributed by atoms with van der Waals surface area (Å²) >= 11 is 0. The standard InChI is InChI=1S/C29H33N3O3/c1-20-14-21(4-5-24(20)18-32-12-2-3-13-32)15-23-6-9-26(33)16-28(23)22-7-10-27(11-8-22)35-19-25-17-30-29(34)31-25/h4-11,14,16,25,33H,2-3,12-13,15,17-19H2,1H3,(H2,30,31,34). The molecule has 1 unspecified atom stereocenters. The fourth-order valence-corrected chi connectivity index (χ4v) is 4.97. The van der Waals surface area contributed by atoms with E-state index < -0.39 is 0 Å². The Balaban J connectivity index is 1.29. The number of hydrogen-bond acceptors (Lipinski definition) is 4. The van der Waals surface area contributed by atoms with E-state index in [1.54, 1.807) is 6.07 Å². The minimum atomic E-state index is -0.151. The molecule has 3 aromatic rings. The SMILES string of the molecule is Cc1cc(Cc2ccc(O)cc2-c2ccc(OCC3CNC(=O)N3)cc2)ccc1CN1CCCC1. The van der Waals surface area contributed by atoms with Gasteiger partial charge in [0.05, 0.1) is 6.04 Å². The number of aryl methyl sites for hydroxylation is 1. The Morgan fingerprint density at radius 3 is 2.49 bits per heavy atom. The molecule has 2 aliphatic rings. The van der Waals surface area contributed by atoms with Gasteiger partial charge in [0.15, 0.2) is 0 Å². The molecule has 0 bridgehead atoms. The second-order valence-corrected chi connectivity index (χ2v) is 9.65. The van der Waals surface area contributed by atoms with Gasteiger partial charge < -0.3 is 20.5 Å². The zero-order valence-corrected chi connectivity index (χ0v) is 20.2. The molecule has 0 aliphatic carbocycles. The van der Waals surface area contributed by atoms with Crippen LogP contribution in [0.1, 0.15) is 35.1 Å². The minimum Gasteiger partial charge on any atom is -0.508 e. The van der Waals surface area contributed by atoms with Crippen LogP contribution < -0.4 is 15.4 Å². The van der Waals surface area contributed by atoms with Gasteiger partial charge in [-0.05, 0) is 96.9 Å². The van der Waals surface area contributed by atoms with Crippen LogP contribution in [0.5, 0.6) is 11.5 Å². The number of hydrogen-bond donors (Lipinski definition) is 3. The molecule has 2 fully saturated rings. The summed E-state index contributed by atoms with van der Waals surface area (Å²) < 4.78 is 5.84. The van der Waals surface area contributed by atoms with Crippen LogP contribution in [0, 0.1) is 6.92 Å². The number of benzene rings is 3. The first-order valence-electron chi connectivity index (χ1n) is 12.4. The zero-order valence-electron chi connectivity index (χ0n) is 20.2. The van der Waals surface area contributed by atoms with Crippen LogP contribution >= 0.6 is 0 Å². The van der Waals surface area contributed by atoms with Gasteiger partial charge in [-0.2, -0.15) is 0 Å². The third kappa shape index (κ3) is 5.77. The molecule has 5 rings (SSSR count). The summed E-state index contributed by atoms with van der Waals surface area (Å²) in [5.74, 6) is 1.01. The monoisotopic (exact) mass is 471 g/mol. The van der Waals surface area contributed by atoms with Gasteiger partial charge in [-0.1, -0.05) is 36.4 Å². The molecule has 3 aromatic carbocycles. The molecule has 6 heteroatoms. The summed E-state index contributed by atoms with van der Waals surface area (Å²) in [7, 11) is 0. The molecule has 2 aliphatic heterocycles. The van der Waals surface area contributed by atoms with Crippen LogP contribution in [0.25, 0.3) is 11.1 Å². The van der Waals surface area contributed by atoms with Gasteiger partial charge in [-0.3, -0.25) is 4.90 Å². The molecule has 1 atom stereocenters. The van der Waals surface area contributed by atoms with E-state index in [4.69, 9.17) is 4.74 Å². The van der Waals surface area contributed by atoms with Crippen LogP contribution in [-0.4, -0.2) is 48.3 Å². The van der Waals surface area contributed by atoms with Gasteiger partial charge in [-0.15, -0.1) is 0 Å². The molecular weight excluding hydrogens is 438 g/mol. The van der Waals surface area contributed by atoms with Gasteiger partial charge in [0.1, 0.15) is 18.1 Å². The second-order valence-electron chi connectivity index (χ2n) is 9.65. The molecule has 0 aromatic heterocycles. The van der Waals surface area contributed by atoms with Crippen LogP contribution in [0.2, 0.25) is 0 Å². The van der Waals surface area contributed by atoms with Crippen molar-refractivity contribution in [2.24, 2.45) is 0 Å². The highest BCUT2D eigenvalue weighted by atomic mass is 16.5. The molecule has 0 radical (unpaired) electrons. The zero-order chi connectivity index (χ0) is 24.2. The van der Waals surface area contributed by atoms with E-state index in [2.05, 4.69) is 40.7 Å². The Kier molecular flexibility index (Phi) is 6.91. The lowest BCUT2D eigenvalue weighted by atomic mass is 9.93. The molecular formula is C29H33N3O3. The van der Waals surface area contributed by atoms with Crippen molar-refractivity contribution in [2.45, 2.75) is 38.8 Å². The van der Waals surface area contributed by atoms with Crippen molar-refractivity contribution in [3.8, 4) is 22.6 Å². The third-order valence-electron chi connectivity index (χ3n) is 6.95. The minimum absolute atomic E-state index is 0.0231. The summed E-state index contributed by atoms with van der Waals surface area (Å²) in [6.45, 7) is 6.64. The van der Waals surface area contributed by atoms with Crippen molar-refractivity contribution in [3.05, 3.63) is 82.9 Å². The number of nitrogens with one attached hydrogen (secondary N) is 2. The molecule has 3 N–H and O–H groups in total. The van der Waals surface area contributed by atoms with Crippen molar-refractivity contribution < 1.29 is 14.6 Å². The largest absolute Gasteiger partial charge is 0.508 e. The summed E-state index contributed by atoms with van der Waals surface area (Å²) in [6, 6.07) is 20.1. The molecule has 182 valence electrons. The fourth-order valence-electron chi connectivity index (χ4n) is 4.97. The smallest absolute Gasteiger partial charge is 0.315 e. The van der Waals surface area contributed by atoms with E-state index in [0.29, 0.717) is 13.2 Å². The lowest BCUT2D eigenvalue weighted by molar-refractivity contribution is 0.243. The first kappa shape index (κ1) is 23.2. The molecule has 6 nitrogen and oxygen atoms in total. The maximum absolute atomic E-state index is 11.3. The predicted octanol–water partition coefficient (Wildman–Crippen LogP) is 4.61. The van der Waals surface area contributed by atoms with Gasteiger partial charge in [0, 0.05) is 13.1 Å². The van der Waals surface area contributed by atoms with E-state index in [1.165, 1.54) is 48.2 Å². The first-order valence-corrected chi connectivity index (χ1v) is 12.4. The van der Waals surface area contributed by atoms with Gasteiger partial charge in [0.25, 0.3) is 0 Å². The van der Waals surface area contributed by atoms with Crippen molar-refractivity contribution >= 4 is 6.03 Å². The Bertz CT molecular complexity index is 1190. The van der Waals surface area contributed by atoms with Crippen molar-refractivity contribution in [1.82, 2.24) is 15.5 Å². The van der Waals surface area contributed by atoms with E-state index in [0.717, 1.165) is 29.8 Å². The Morgan fingerprint density at radius 1 is 1.00 bits per heavy atom. The van der Waals surface area contributed by atoms with E-state index in [9.17, 15) is 9.90 Å². The number of phenols is 1. The molecule has 0 saturated carbocycles. The van der Waals surface area contributed by atoms with Gasteiger partial charge >= 0.3 is 6.03 Å². The van der Waals surface area contributed by atoms with Crippen LogP contribution in [-0.2, 0) is 13.0 Å². The topological polar surface area (TPSA) is 73.8 Å². The van der Waals surface area contributed by atoms with E-state index in [1.807, 2.05) is 36.4 Å². The Morgan fingerprint density at radius 2 is 1.77 bits per heavy atom. The number of rotatable bonds is 8. The normalized spacial score (nSPS) is 17.9. The highest BCUT2D eigenvalue weighted by Crippen LogP contribution is 2.31. The predicted molar refractivity (Wildman–Crippen MR) is 138 cm³/mol.